The molecule has 53 heavy (non-hydrogen) atoms. The molecule has 0 N–H and O–H groups in total. The normalized spacial score (nSPS) is 11.6. The fraction of sp³-hybridized carbons (Fsp3) is 0.887. The molecule has 1 aromatic carbocycles. The standard InChI is InChI=1S/C53H100/c1-5-9-12-15-18-21-24-27-30-33-36-39-42-45-51-48-50(8-4)49-52(46-43-40-37-34-31-28-25-22-19-16-13-10-6-2)53(51)47-44-41-38-35-32-29-26-23-20-17-14-11-7-3/h48-49H,5-47H2,1-4H3. The van der Waals surface area contributed by atoms with Gasteiger partial charge in [0.25, 0.3) is 0 Å². The van der Waals surface area contributed by atoms with Crippen LogP contribution in [0.2, 0.25) is 0 Å². The minimum Gasteiger partial charge on any atom is -0.0654 e. The molecular formula is C53H100. The van der Waals surface area contributed by atoms with Crippen LogP contribution in [0.15, 0.2) is 12.1 Å². The van der Waals surface area contributed by atoms with Gasteiger partial charge in [-0.05, 0) is 67.2 Å². The lowest BCUT2D eigenvalue weighted by molar-refractivity contribution is 0.536. The maximum atomic E-state index is 2.64. The van der Waals surface area contributed by atoms with E-state index in [1.165, 1.54) is 276 Å². The molecule has 0 saturated heterocycles. The minimum atomic E-state index is 1.19. The average Bonchev–Trinajstić information content (AvgIpc) is 3.17. The van der Waals surface area contributed by atoms with Crippen molar-refractivity contribution in [2.75, 3.05) is 0 Å². The molecule has 0 aliphatic rings. The van der Waals surface area contributed by atoms with Crippen molar-refractivity contribution in [3.8, 4) is 0 Å². The van der Waals surface area contributed by atoms with Crippen molar-refractivity contribution >= 4 is 0 Å². The summed E-state index contributed by atoms with van der Waals surface area (Å²) in [4.78, 5) is 0. The van der Waals surface area contributed by atoms with Crippen molar-refractivity contribution in [3.63, 3.8) is 0 Å². The number of aryl methyl sites for hydroxylation is 3. The van der Waals surface area contributed by atoms with Gasteiger partial charge in [0.1, 0.15) is 0 Å². The second-order valence-corrected chi connectivity index (χ2v) is 17.7. The van der Waals surface area contributed by atoms with Gasteiger partial charge in [-0.2, -0.15) is 0 Å². The zero-order valence-electron chi connectivity index (χ0n) is 37.6. The molecule has 0 amide bonds. The van der Waals surface area contributed by atoms with E-state index in [9.17, 15) is 0 Å². The molecule has 0 nitrogen and oxygen atoms in total. The second-order valence-electron chi connectivity index (χ2n) is 17.7. The predicted octanol–water partition coefficient (Wildman–Crippen LogP) is 19.2. The fourth-order valence-corrected chi connectivity index (χ4v) is 8.83. The van der Waals surface area contributed by atoms with E-state index in [2.05, 4.69) is 39.8 Å². The lowest BCUT2D eigenvalue weighted by atomic mass is 9.87. The third-order valence-corrected chi connectivity index (χ3v) is 12.5. The summed E-state index contributed by atoms with van der Waals surface area (Å²) in [5.74, 6) is 0. The molecule has 0 atom stereocenters. The Morgan fingerprint density at radius 2 is 0.453 bits per heavy atom. The van der Waals surface area contributed by atoms with Gasteiger partial charge in [0.15, 0.2) is 0 Å². The van der Waals surface area contributed by atoms with Crippen LogP contribution in [-0.4, -0.2) is 0 Å². The summed E-state index contributed by atoms with van der Waals surface area (Å²) in [5.41, 5.74) is 6.89. The quantitative estimate of drug-likeness (QED) is 0.0586. The molecule has 0 aromatic heterocycles. The highest BCUT2D eigenvalue weighted by molar-refractivity contribution is 5.40. The molecule has 0 heteroatoms. The van der Waals surface area contributed by atoms with E-state index in [0.29, 0.717) is 0 Å². The lowest BCUT2D eigenvalue weighted by Crippen LogP contribution is -2.04. The molecule has 0 heterocycles. The summed E-state index contributed by atoms with van der Waals surface area (Å²) in [7, 11) is 0. The third kappa shape index (κ3) is 32.1. The van der Waals surface area contributed by atoms with Crippen LogP contribution in [-0.2, 0) is 25.7 Å². The summed E-state index contributed by atoms with van der Waals surface area (Å²) in [6.45, 7) is 9.34. The van der Waals surface area contributed by atoms with Crippen LogP contribution in [0.1, 0.15) is 300 Å². The first-order chi connectivity index (χ1) is 26.3. The molecule has 0 saturated carbocycles. The summed E-state index contributed by atoms with van der Waals surface area (Å²) in [5, 5.41) is 0. The summed E-state index contributed by atoms with van der Waals surface area (Å²) in [6.07, 6.45) is 61.6. The summed E-state index contributed by atoms with van der Waals surface area (Å²) < 4.78 is 0. The van der Waals surface area contributed by atoms with E-state index in [1.807, 2.05) is 0 Å². The van der Waals surface area contributed by atoms with Crippen molar-refractivity contribution in [1.82, 2.24) is 0 Å². The Balaban J connectivity index is 2.48. The van der Waals surface area contributed by atoms with Crippen LogP contribution >= 0.6 is 0 Å². The number of rotatable bonds is 43. The topological polar surface area (TPSA) is 0 Å². The van der Waals surface area contributed by atoms with Crippen LogP contribution < -0.4 is 0 Å². The first kappa shape index (κ1) is 50.2. The van der Waals surface area contributed by atoms with Crippen molar-refractivity contribution in [2.24, 2.45) is 0 Å². The number of benzene rings is 1. The maximum absolute atomic E-state index is 2.64. The Labute approximate surface area is 337 Å². The molecule has 0 bridgehead atoms. The van der Waals surface area contributed by atoms with Crippen LogP contribution in [0.4, 0.5) is 0 Å². The van der Waals surface area contributed by atoms with Gasteiger partial charge in [0.2, 0.25) is 0 Å². The monoisotopic (exact) mass is 737 g/mol. The molecule has 0 unspecified atom stereocenters. The Morgan fingerprint density at radius 3 is 0.679 bits per heavy atom. The van der Waals surface area contributed by atoms with Gasteiger partial charge in [-0.1, -0.05) is 271 Å². The van der Waals surface area contributed by atoms with Gasteiger partial charge in [0.05, 0.1) is 0 Å². The van der Waals surface area contributed by atoms with Gasteiger partial charge in [-0.3, -0.25) is 0 Å². The molecule has 312 valence electrons. The zero-order chi connectivity index (χ0) is 38.1. The van der Waals surface area contributed by atoms with Crippen LogP contribution in [0.3, 0.4) is 0 Å². The molecule has 1 rings (SSSR count). The SMILES string of the molecule is CCCCCCCCCCCCCCCc1cc(CC)cc(CCCCCCCCCCCCCCC)c1CCCCCCCCCCCCCCC. The first-order valence-electron chi connectivity index (χ1n) is 25.4. The van der Waals surface area contributed by atoms with E-state index in [4.69, 9.17) is 0 Å². The molecule has 0 aliphatic heterocycles. The van der Waals surface area contributed by atoms with Crippen molar-refractivity contribution in [1.29, 1.82) is 0 Å². The van der Waals surface area contributed by atoms with E-state index in [-0.39, 0.29) is 0 Å². The Kier molecular flexibility index (Phi) is 38.7. The number of hydrogen-bond donors (Lipinski definition) is 0. The Hall–Kier alpha value is -0.780. The summed E-state index contributed by atoms with van der Waals surface area (Å²) >= 11 is 0. The van der Waals surface area contributed by atoms with Crippen molar-refractivity contribution < 1.29 is 0 Å². The van der Waals surface area contributed by atoms with Crippen LogP contribution in [0, 0.1) is 0 Å². The van der Waals surface area contributed by atoms with Crippen LogP contribution in [0.5, 0.6) is 0 Å². The second kappa shape index (κ2) is 40.9. The predicted molar refractivity (Wildman–Crippen MR) is 244 cm³/mol. The van der Waals surface area contributed by atoms with Gasteiger partial charge in [-0.15, -0.1) is 0 Å². The molecule has 0 fully saturated rings. The fourth-order valence-electron chi connectivity index (χ4n) is 8.83. The highest BCUT2D eigenvalue weighted by Gasteiger charge is 2.11. The average molecular weight is 737 g/mol. The van der Waals surface area contributed by atoms with E-state index in [1.54, 1.807) is 22.3 Å². The van der Waals surface area contributed by atoms with Gasteiger partial charge in [0, 0.05) is 0 Å². The maximum Gasteiger partial charge on any atom is -0.0273 e. The highest BCUT2D eigenvalue weighted by atomic mass is 14.2. The third-order valence-electron chi connectivity index (χ3n) is 12.5. The molecule has 0 radical (unpaired) electrons. The van der Waals surface area contributed by atoms with Crippen molar-refractivity contribution in [3.05, 3.63) is 34.4 Å². The lowest BCUT2D eigenvalue weighted by Gasteiger charge is -2.18. The van der Waals surface area contributed by atoms with Gasteiger partial charge in [-0.25, -0.2) is 0 Å². The smallest absolute Gasteiger partial charge is 0.0273 e. The molecule has 0 aliphatic carbocycles. The van der Waals surface area contributed by atoms with Crippen molar-refractivity contribution in [2.45, 2.75) is 304 Å². The van der Waals surface area contributed by atoms with Gasteiger partial charge < -0.3 is 0 Å². The minimum absolute atomic E-state index is 1.19. The van der Waals surface area contributed by atoms with E-state index < -0.39 is 0 Å². The number of unbranched alkanes of at least 4 members (excludes halogenated alkanes) is 36. The van der Waals surface area contributed by atoms with E-state index >= 15 is 0 Å². The number of hydrogen-bond acceptors (Lipinski definition) is 0. The Morgan fingerprint density at radius 1 is 0.245 bits per heavy atom. The highest BCUT2D eigenvalue weighted by Crippen LogP contribution is 2.26. The Bertz CT molecular complexity index is 799. The first-order valence-corrected chi connectivity index (χ1v) is 25.4. The molecule has 0 spiro atoms. The largest absolute Gasteiger partial charge is 0.0654 e. The molecule has 1 aromatic rings. The zero-order valence-corrected chi connectivity index (χ0v) is 37.6. The van der Waals surface area contributed by atoms with Crippen LogP contribution in [0.25, 0.3) is 0 Å². The summed E-state index contributed by atoms with van der Waals surface area (Å²) in [6, 6.07) is 5.29. The van der Waals surface area contributed by atoms with E-state index in [0.717, 1.165) is 0 Å². The molecular weight excluding hydrogens is 637 g/mol. The van der Waals surface area contributed by atoms with Gasteiger partial charge >= 0.3 is 0 Å².